The van der Waals surface area contributed by atoms with Crippen LogP contribution in [0.2, 0.25) is 0 Å². The minimum Gasteiger partial charge on any atom is -0.452 e. The number of rotatable bonds is 7. The molecular formula is C21H23NO4S. The van der Waals surface area contributed by atoms with Crippen LogP contribution in [0.1, 0.15) is 35.3 Å². The van der Waals surface area contributed by atoms with E-state index in [2.05, 4.69) is 5.32 Å². The van der Waals surface area contributed by atoms with Crippen LogP contribution in [0.5, 0.6) is 0 Å². The number of carbonyl (C=O) groups is 3. The van der Waals surface area contributed by atoms with Crippen LogP contribution in [0.3, 0.4) is 0 Å². The van der Waals surface area contributed by atoms with Crippen molar-refractivity contribution in [2.45, 2.75) is 38.7 Å². The molecule has 0 spiro atoms. The molecule has 0 fully saturated rings. The van der Waals surface area contributed by atoms with E-state index < -0.39 is 18.0 Å². The molecule has 0 aliphatic heterocycles. The first-order valence-corrected chi connectivity index (χ1v) is 9.56. The van der Waals surface area contributed by atoms with Crippen molar-refractivity contribution in [3.8, 4) is 0 Å². The number of amides is 1. The minimum absolute atomic E-state index is 0.0450. The SMILES string of the molecule is CC(=O)c1ccc(NC(=O)[C@H](C)OC(=O)CSc2ccc(C)c(C)c2)cc1. The fraction of sp³-hybridized carbons (Fsp3) is 0.286. The predicted molar refractivity (Wildman–Crippen MR) is 107 cm³/mol. The molecule has 0 unspecified atom stereocenters. The van der Waals surface area contributed by atoms with Crippen molar-refractivity contribution in [2.75, 3.05) is 11.1 Å². The quantitative estimate of drug-likeness (QED) is 0.440. The summed E-state index contributed by atoms with van der Waals surface area (Å²) in [6.07, 6.45) is -0.912. The maximum atomic E-state index is 12.2. The third-order valence-corrected chi connectivity index (χ3v) is 5.04. The summed E-state index contributed by atoms with van der Waals surface area (Å²) in [7, 11) is 0. The topological polar surface area (TPSA) is 72.5 Å². The smallest absolute Gasteiger partial charge is 0.317 e. The minimum atomic E-state index is -0.912. The van der Waals surface area contributed by atoms with Crippen molar-refractivity contribution in [1.29, 1.82) is 0 Å². The molecule has 1 N–H and O–H groups in total. The number of benzene rings is 2. The van der Waals surface area contributed by atoms with Gasteiger partial charge in [0.25, 0.3) is 5.91 Å². The predicted octanol–water partition coefficient (Wildman–Crippen LogP) is 4.17. The van der Waals surface area contributed by atoms with Crippen molar-refractivity contribution in [1.82, 2.24) is 0 Å². The number of aryl methyl sites for hydroxylation is 2. The first-order valence-electron chi connectivity index (χ1n) is 8.57. The number of ether oxygens (including phenoxy) is 1. The van der Waals surface area contributed by atoms with Gasteiger partial charge in [-0.25, -0.2) is 0 Å². The normalized spacial score (nSPS) is 11.6. The van der Waals surface area contributed by atoms with E-state index in [-0.39, 0.29) is 11.5 Å². The first-order chi connectivity index (χ1) is 12.8. The molecule has 0 saturated carbocycles. The lowest BCUT2D eigenvalue weighted by molar-refractivity contribution is -0.150. The van der Waals surface area contributed by atoms with Gasteiger partial charge >= 0.3 is 5.97 Å². The van der Waals surface area contributed by atoms with Crippen LogP contribution >= 0.6 is 11.8 Å². The van der Waals surface area contributed by atoms with Gasteiger partial charge in [-0.3, -0.25) is 14.4 Å². The molecule has 1 atom stereocenters. The standard InChI is InChI=1S/C21H23NO4S/c1-13-5-10-19(11-14(13)2)27-12-20(24)26-16(4)21(25)22-18-8-6-17(7-9-18)15(3)23/h5-11,16H,12H2,1-4H3,(H,22,25)/t16-/m0/s1. The van der Waals surface area contributed by atoms with E-state index in [0.29, 0.717) is 11.3 Å². The van der Waals surface area contributed by atoms with Gasteiger partial charge in [0, 0.05) is 16.1 Å². The van der Waals surface area contributed by atoms with Crippen molar-refractivity contribution in [3.63, 3.8) is 0 Å². The summed E-state index contributed by atoms with van der Waals surface area (Å²) in [5.74, 6) is -0.785. The largest absolute Gasteiger partial charge is 0.452 e. The zero-order chi connectivity index (χ0) is 20.0. The second-order valence-electron chi connectivity index (χ2n) is 6.29. The molecule has 0 radical (unpaired) electrons. The Morgan fingerprint density at radius 1 is 1.04 bits per heavy atom. The van der Waals surface area contributed by atoms with Gasteiger partial charge in [-0.05, 0) is 75.2 Å². The fourth-order valence-electron chi connectivity index (χ4n) is 2.26. The Balaban J connectivity index is 1.83. The second kappa shape index (κ2) is 9.37. The van der Waals surface area contributed by atoms with E-state index in [1.54, 1.807) is 24.3 Å². The Bertz CT molecular complexity index is 846. The number of nitrogens with one attached hydrogen (secondary N) is 1. The highest BCUT2D eigenvalue weighted by Gasteiger charge is 2.18. The van der Waals surface area contributed by atoms with Crippen molar-refractivity contribution >= 4 is 35.1 Å². The van der Waals surface area contributed by atoms with Gasteiger partial charge < -0.3 is 10.1 Å². The van der Waals surface area contributed by atoms with Crippen LogP contribution in [0.25, 0.3) is 0 Å². The lowest BCUT2D eigenvalue weighted by Gasteiger charge is -2.14. The zero-order valence-electron chi connectivity index (χ0n) is 15.9. The number of thioether (sulfide) groups is 1. The summed E-state index contributed by atoms with van der Waals surface area (Å²) in [4.78, 5) is 36.4. The van der Waals surface area contributed by atoms with Gasteiger partial charge in [0.2, 0.25) is 0 Å². The van der Waals surface area contributed by atoms with Crippen molar-refractivity contribution in [3.05, 3.63) is 59.2 Å². The highest BCUT2D eigenvalue weighted by atomic mass is 32.2. The highest BCUT2D eigenvalue weighted by molar-refractivity contribution is 8.00. The highest BCUT2D eigenvalue weighted by Crippen LogP contribution is 2.21. The van der Waals surface area contributed by atoms with Crippen LogP contribution in [0, 0.1) is 13.8 Å². The average molecular weight is 385 g/mol. The molecule has 0 saturated heterocycles. The molecule has 0 aromatic heterocycles. The van der Waals surface area contributed by atoms with E-state index in [0.717, 1.165) is 10.5 Å². The Hall–Kier alpha value is -2.60. The molecule has 0 aliphatic carbocycles. The van der Waals surface area contributed by atoms with Crippen LogP contribution in [-0.2, 0) is 14.3 Å². The number of anilines is 1. The molecule has 2 aromatic carbocycles. The number of ketones is 1. The number of esters is 1. The van der Waals surface area contributed by atoms with E-state index in [1.165, 1.54) is 31.2 Å². The molecule has 2 rings (SSSR count). The van der Waals surface area contributed by atoms with Crippen molar-refractivity contribution in [2.24, 2.45) is 0 Å². The van der Waals surface area contributed by atoms with Crippen LogP contribution in [-0.4, -0.2) is 29.5 Å². The van der Waals surface area contributed by atoms with Crippen LogP contribution in [0.15, 0.2) is 47.4 Å². The molecule has 5 nitrogen and oxygen atoms in total. The van der Waals surface area contributed by atoms with Crippen LogP contribution in [0.4, 0.5) is 5.69 Å². The Labute approximate surface area is 163 Å². The zero-order valence-corrected chi connectivity index (χ0v) is 16.7. The van der Waals surface area contributed by atoms with Crippen molar-refractivity contribution < 1.29 is 19.1 Å². The molecular weight excluding hydrogens is 362 g/mol. The van der Waals surface area contributed by atoms with Gasteiger partial charge in [-0.2, -0.15) is 0 Å². The van der Waals surface area contributed by atoms with E-state index in [9.17, 15) is 14.4 Å². The molecule has 0 bridgehead atoms. The maximum absolute atomic E-state index is 12.2. The molecule has 1 amide bonds. The van der Waals surface area contributed by atoms with Gasteiger partial charge in [0.15, 0.2) is 11.9 Å². The van der Waals surface area contributed by atoms with Gasteiger partial charge in [-0.15, -0.1) is 11.8 Å². The summed E-state index contributed by atoms with van der Waals surface area (Å²) < 4.78 is 5.20. The number of hydrogen-bond acceptors (Lipinski definition) is 5. The lowest BCUT2D eigenvalue weighted by Crippen LogP contribution is -2.30. The summed E-state index contributed by atoms with van der Waals surface area (Å²) in [6.45, 7) is 7.06. The number of Topliss-reactive ketones (excluding diaryl/α,β-unsaturated/α-hetero) is 1. The number of carbonyl (C=O) groups excluding carboxylic acids is 3. The first kappa shape index (κ1) is 20.7. The van der Waals surface area contributed by atoms with Gasteiger partial charge in [0.1, 0.15) is 0 Å². The third kappa shape index (κ3) is 6.25. The third-order valence-electron chi connectivity index (χ3n) is 4.07. The lowest BCUT2D eigenvalue weighted by atomic mass is 10.1. The fourth-order valence-corrected chi connectivity index (χ4v) is 3.04. The monoisotopic (exact) mass is 385 g/mol. The maximum Gasteiger partial charge on any atom is 0.317 e. The van der Waals surface area contributed by atoms with E-state index in [4.69, 9.17) is 4.74 Å². The molecule has 2 aromatic rings. The average Bonchev–Trinajstić information content (AvgIpc) is 2.63. The summed E-state index contributed by atoms with van der Waals surface area (Å²) in [5.41, 5.74) is 3.47. The summed E-state index contributed by atoms with van der Waals surface area (Å²) in [6, 6.07) is 12.5. The number of hydrogen-bond donors (Lipinski definition) is 1. The van der Waals surface area contributed by atoms with E-state index >= 15 is 0 Å². The molecule has 0 aliphatic rings. The van der Waals surface area contributed by atoms with Crippen LogP contribution < -0.4 is 5.32 Å². The molecule has 27 heavy (non-hydrogen) atoms. The van der Waals surface area contributed by atoms with Gasteiger partial charge in [-0.1, -0.05) is 6.07 Å². The molecule has 6 heteroatoms. The molecule has 142 valence electrons. The van der Waals surface area contributed by atoms with E-state index in [1.807, 2.05) is 32.0 Å². The Morgan fingerprint density at radius 3 is 2.30 bits per heavy atom. The Kier molecular flexibility index (Phi) is 7.19. The summed E-state index contributed by atoms with van der Waals surface area (Å²) >= 11 is 1.38. The Morgan fingerprint density at radius 2 is 1.70 bits per heavy atom. The van der Waals surface area contributed by atoms with Gasteiger partial charge in [0.05, 0.1) is 5.75 Å². The summed E-state index contributed by atoms with van der Waals surface area (Å²) in [5, 5.41) is 2.67. The second-order valence-corrected chi connectivity index (χ2v) is 7.34. The molecule has 0 heterocycles.